The highest BCUT2D eigenvalue weighted by Gasteiger charge is 2.25. The summed E-state index contributed by atoms with van der Waals surface area (Å²) >= 11 is 1.39. The molecule has 0 aliphatic carbocycles. The molecule has 1 aliphatic rings. The van der Waals surface area contributed by atoms with Gasteiger partial charge in [-0.05, 0) is 54.8 Å². The zero-order valence-corrected chi connectivity index (χ0v) is 16.3. The van der Waals surface area contributed by atoms with E-state index in [-0.39, 0.29) is 11.2 Å². The van der Waals surface area contributed by atoms with Crippen molar-refractivity contribution in [1.29, 1.82) is 0 Å². The molecule has 1 aromatic heterocycles. The minimum absolute atomic E-state index is 0.155. The third-order valence-corrected chi connectivity index (χ3v) is 5.57. The highest BCUT2D eigenvalue weighted by molar-refractivity contribution is 8.00. The highest BCUT2D eigenvalue weighted by atomic mass is 32.2. The van der Waals surface area contributed by atoms with Crippen LogP contribution in [0.3, 0.4) is 0 Å². The Hall–Kier alpha value is -2.09. The number of rotatable bonds is 5. The molecule has 0 bridgehead atoms. The van der Waals surface area contributed by atoms with E-state index in [2.05, 4.69) is 15.5 Å². The second-order valence-corrected chi connectivity index (χ2v) is 7.86. The van der Waals surface area contributed by atoms with Crippen LogP contribution in [-0.4, -0.2) is 56.5 Å². The van der Waals surface area contributed by atoms with Crippen LogP contribution in [0, 0.1) is 6.92 Å². The number of amides is 1. The van der Waals surface area contributed by atoms with E-state index >= 15 is 0 Å². The molecule has 1 atom stereocenters. The number of thioether (sulfide) groups is 1. The number of methoxy groups -OCH3 is 1. The molecule has 1 fully saturated rings. The molecular weight excluding hydrogens is 350 g/mol. The van der Waals surface area contributed by atoms with Crippen LogP contribution in [0.5, 0.6) is 5.75 Å². The predicted molar refractivity (Wildman–Crippen MR) is 101 cm³/mol. The van der Waals surface area contributed by atoms with Crippen LogP contribution < -0.4 is 4.74 Å². The molecule has 1 aliphatic heterocycles. The van der Waals surface area contributed by atoms with Gasteiger partial charge in [0.1, 0.15) is 11.4 Å². The van der Waals surface area contributed by atoms with E-state index in [0.717, 1.165) is 37.2 Å². The molecule has 1 amide bonds. The maximum Gasteiger partial charge on any atom is 0.235 e. The van der Waals surface area contributed by atoms with Gasteiger partial charge in [-0.25, -0.2) is 0 Å². The second-order valence-electron chi connectivity index (χ2n) is 6.55. The molecule has 0 N–H and O–H groups in total. The van der Waals surface area contributed by atoms with Crippen molar-refractivity contribution in [3.63, 3.8) is 0 Å². The first kappa shape index (κ1) is 18.7. The summed E-state index contributed by atoms with van der Waals surface area (Å²) in [6.45, 7) is 5.62. The molecule has 1 unspecified atom stereocenters. The summed E-state index contributed by atoms with van der Waals surface area (Å²) in [5.74, 6) is 0.846. The van der Waals surface area contributed by atoms with Gasteiger partial charge in [0.2, 0.25) is 11.1 Å². The number of tetrazole rings is 1. The largest absolute Gasteiger partial charge is 0.494 e. The quantitative estimate of drug-likeness (QED) is 0.748. The maximum absolute atomic E-state index is 12.8. The number of carbonyl (C=O) groups is 1. The summed E-state index contributed by atoms with van der Waals surface area (Å²) in [6, 6.07) is 5.85. The summed E-state index contributed by atoms with van der Waals surface area (Å²) in [5, 5.41) is 12.4. The molecular formula is C18H25N5O2S. The van der Waals surface area contributed by atoms with Gasteiger partial charge in [0, 0.05) is 13.1 Å². The Morgan fingerprint density at radius 3 is 2.65 bits per heavy atom. The number of nitrogens with zero attached hydrogens (tertiary/aromatic N) is 5. The first-order valence-corrected chi connectivity index (χ1v) is 9.87. The van der Waals surface area contributed by atoms with E-state index in [1.165, 1.54) is 24.6 Å². The first-order chi connectivity index (χ1) is 12.6. The van der Waals surface area contributed by atoms with Crippen LogP contribution in [0.2, 0.25) is 0 Å². The Kier molecular flexibility index (Phi) is 6.13. The average molecular weight is 375 g/mol. The van der Waals surface area contributed by atoms with Crippen LogP contribution in [-0.2, 0) is 4.79 Å². The summed E-state index contributed by atoms with van der Waals surface area (Å²) in [4.78, 5) is 14.8. The maximum atomic E-state index is 12.8. The molecule has 2 aromatic rings. The van der Waals surface area contributed by atoms with Crippen LogP contribution in [0.25, 0.3) is 5.69 Å². The number of hydrogen-bond acceptors (Lipinski definition) is 6. The number of aromatic nitrogens is 4. The lowest BCUT2D eigenvalue weighted by atomic mass is 10.2. The molecule has 0 saturated carbocycles. The smallest absolute Gasteiger partial charge is 0.235 e. The molecule has 26 heavy (non-hydrogen) atoms. The summed E-state index contributed by atoms with van der Waals surface area (Å²) in [5.41, 5.74) is 1.86. The molecule has 0 spiro atoms. The molecule has 1 saturated heterocycles. The summed E-state index contributed by atoms with van der Waals surface area (Å²) in [6.07, 6.45) is 4.58. The highest BCUT2D eigenvalue weighted by Crippen LogP contribution is 2.29. The molecule has 8 heteroatoms. The van der Waals surface area contributed by atoms with Gasteiger partial charge in [-0.3, -0.25) is 4.79 Å². The van der Waals surface area contributed by atoms with E-state index in [9.17, 15) is 4.79 Å². The fourth-order valence-corrected chi connectivity index (χ4v) is 4.01. The minimum Gasteiger partial charge on any atom is -0.494 e. The molecule has 140 valence electrons. The van der Waals surface area contributed by atoms with E-state index in [0.29, 0.717) is 10.9 Å². The first-order valence-electron chi connectivity index (χ1n) is 8.99. The van der Waals surface area contributed by atoms with Crippen molar-refractivity contribution in [3.05, 3.63) is 23.8 Å². The number of likely N-dealkylation sites (tertiary alicyclic amines) is 1. The topological polar surface area (TPSA) is 73.1 Å². The summed E-state index contributed by atoms with van der Waals surface area (Å²) < 4.78 is 7.08. The Balaban J connectivity index is 1.78. The third-order valence-electron chi connectivity index (χ3n) is 4.55. The third kappa shape index (κ3) is 4.17. The van der Waals surface area contributed by atoms with Crippen LogP contribution >= 0.6 is 11.8 Å². The molecule has 3 rings (SSSR count). The number of hydrogen-bond donors (Lipinski definition) is 0. The normalized spacial score (nSPS) is 16.2. The predicted octanol–water partition coefficient (Wildman–Crippen LogP) is 2.86. The fourth-order valence-electron chi connectivity index (χ4n) is 3.13. The number of aryl methyl sites for hydroxylation is 1. The molecule has 1 aromatic carbocycles. The van der Waals surface area contributed by atoms with Gasteiger partial charge in [-0.1, -0.05) is 30.7 Å². The Morgan fingerprint density at radius 2 is 1.96 bits per heavy atom. The van der Waals surface area contributed by atoms with E-state index in [4.69, 9.17) is 4.74 Å². The standard InChI is InChI=1S/C18H25N5O2S/c1-13-8-9-16(25-3)15(12-13)23-18(19-20-21-23)26-14(2)17(24)22-10-6-4-5-7-11-22/h8-9,12,14H,4-7,10-11H2,1-3H3. The van der Waals surface area contributed by atoms with Gasteiger partial charge >= 0.3 is 0 Å². The number of ether oxygens (including phenoxy) is 1. The van der Waals surface area contributed by atoms with E-state index in [1.807, 2.05) is 36.9 Å². The Morgan fingerprint density at radius 1 is 1.23 bits per heavy atom. The monoisotopic (exact) mass is 375 g/mol. The van der Waals surface area contributed by atoms with Crippen molar-refractivity contribution in [2.45, 2.75) is 49.9 Å². The van der Waals surface area contributed by atoms with Crippen molar-refractivity contribution < 1.29 is 9.53 Å². The van der Waals surface area contributed by atoms with Crippen LogP contribution in [0.4, 0.5) is 0 Å². The minimum atomic E-state index is -0.242. The Labute approximate surface area is 158 Å². The molecule has 7 nitrogen and oxygen atoms in total. The summed E-state index contributed by atoms with van der Waals surface area (Å²) in [7, 11) is 1.62. The van der Waals surface area contributed by atoms with Crippen LogP contribution in [0.15, 0.2) is 23.4 Å². The van der Waals surface area contributed by atoms with Gasteiger partial charge in [0.15, 0.2) is 0 Å². The van der Waals surface area contributed by atoms with Crippen molar-refractivity contribution in [3.8, 4) is 11.4 Å². The van der Waals surface area contributed by atoms with Crippen molar-refractivity contribution in [2.24, 2.45) is 0 Å². The zero-order chi connectivity index (χ0) is 18.5. The Bertz CT molecular complexity index is 756. The van der Waals surface area contributed by atoms with Crippen molar-refractivity contribution >= 4 is 17.7 Å². The average Bonchev–Trinajstić information content (AvgIpc) is 2.92. The SMILES string of the molecule is COc1ccc(C)cc1-n1nnnc1SC(C)C(=O)N1CCCCCC1. The van der Waals surface area contributed by atoms with Gasteiger partial charge in [-0.15, -0.1) is 5.10 Å². The molecule has 2 heterocycles. The number of carbonyl (C=O) groups excluding carboxylic acids is 1. The van der Waals surface area contributed by atoms with E-state index < -0.39 is 0 Å². The van der Waals surface area contributed by atoms with Crippen molar-refractivity contribution in [1.82, 2.24) is 25.1 Å². The van der Waals surface area contributed by atoms with Gasteiger partial charge in [-0.2, -0.15) is 4.68 Å². The molecule has 0 radical (unpaired) electrons. The zero-order valence-electron chi connectivity index (χ0n) is 15.5. The lowest BCUT2D eigenvalue weighted by Gasteiger charge is -2.23. The van der Waals surface area contributed by atoms with Gasteiger partial charge < -0.3 is 9.64 Å². The van der Waals surface area contributed by atoms with Gasteiger partial charge in [0.05, 0.1) is 12.4 Å². The van der Waals surface area contributed by atoms with E-state index in [1.54, 1.807) is 11.8 Å². The number of benzene rings is 1. The lowest BCUT2D eigenvalue weighted by Crippen LogP contribution is -2.37. The van der Waals surface area contributed by atoms with Crippen molar-refractivity contribution in [2.75, 3.05) is 20.2 Å². The van der Waals surface area contributed by atoms with Gasteiger partial charge in [0.25, 0.3) is 0 Å². The van der Waals surface area contributed by atoms with Crippen LogP contribution in [0.1, 0.15) is 38.2 Å². The fraction of sp³-hybridized carbons (Fsp3) is 0.556. The second kappa shape index (κ2) is 8.53. The lowest BCUT2D eigenvalue weighted by molar-refractivity contribution is -0.130.